The van der Waals surface area contributed by atoms with Crippen molar-refractivity contribution in [3.63, 3.8) is 0 Å². The zero-order valence-electron chi connectivity index (χ0n) is 12.5. The van der Waals surface area contributed by atoms with E-state index in [1.54, 1.807) is 32.4 Å². The van der Waals surface area contributed by atoms with E-state index in [0.29, 0.717) is 22.9 Å². The van der Waals surface area contributed by atoms with E-state index < -0.39 is 0 Å². The van der Waals surface area contributed by atoms with Crippen molar-refractivity contribution < 1.29 is 19.1 Å². The summed E-state index contributed by atoms with van der Waals surface area (Å²) in [6.45, 7) is 2.37. The predicted octanol–water partition coefficient (Wildman–Crippen LogP) is 3.91. The Morgan fingerprint density at radius 3 is 2.45 bits per heavy atom. The second-order valence-electron chi connectivity index (χ2n) is 4.56. The van der Waals surface area contributed by atoms with Gasteiger partial charge in [0.2, 0.25) is 0 Å². The molecular formula is C15H16BrNO4S. The van der Waals surface area contributed by atoms with Crippen LogP contribution >= 0.6 is 27.7 Å². The average Bonchev–Trinajstić information content (AvgIpc) is 2.76. The molecule has 0 unspecified atom stereocenters. The second kappa shape index (κ2) is 7.19. The fourth-order valence-electron chi connectivity index (χ4n) is 2.04. The van der Waals surface area contributed by atoms with Crippen molar-refractivity contribution >= 4 is 44.9 Å². The van der Waals surface area contributed by atoms with Crippen LogP contribution in [0.4, 0.5) is 4.79 Å². The standard InChI is InChI=1S/C15H16BrNO4S/c1-4-5-17-14(18)13(22-15(17)19)7-9-6-11(20-2)12(21-3)8-10(9)16/h6-8H,4-5H2,1-3H3/b13-7+. The lowest BCUT2D eigenvalue weighted by Crippen LogP contribution is -2.28. The van der Waals surface area contributed by atoms with Crippen LogP contribution in [-0.4, -0.2) is 36.8 Å². The summed E-state index contributed by atoms with van der Waals surface area (Å²) in [5.74, 6) is 0.897. The number of methoxy groups -OCH3 is 2. The van der Waals surface area contributed by atoms with Gasteiger partial charge in [-0.1, -0.05) is 22.9 Å². The van der Waals surface area contributed by atoms with Crippen molar-refractivity contribution in [3.8, 4) is 11.5 Å². The van der Waals surface area contributed by atoms with Gasteiger partial charge in [0.05, 0.1) is 19.1 Å². The number of ether oxygens (including phenoxy) is 2. The van der Waals surface area contributed by atoms with Gasteiger partial charge in [0, 0.05) is 11.0 Å². The summed E-state index contributed by atoms with van der Waals surface area (Å²) in [5.41, 5.74) is 0.750. The summed E-state index contributed by atoms with van der Waals surface area (Å²) in [7, 11) is 3.10. The van der Waals surface area contributed by atoms with Crippen LogP contribution in [0.2, 0.25) is 0 Å². The number of imide groups is 1. The van der Waals surface area contributed by atoms with Crippen LogP contribution in [0, 0.1) is 0 Å². The Hall–Kier alpha value is -1.47. The lowest BCUT2D eigenvalue weighted by molar-refractivity contribution is -0.122. The molecule has 1 aliphatic heterocycles. The predicted molar refractivity (Wildman–Crippen MR) is 90.2 cm³/mol. The Labute approximate surface area is 141 Å². The first-order chi connectivity index (χ1) is 10.5. The highest BCUT2D eigenvalue weighted by Crippen LogP contribution is 2.37. The van der Waals surface area contributed by atoms with Crippen molar-refractivity contribution in [1.82, 2.24) is 4.90 Å². The van der Waals surface area contributed by atoms with Crippen molar-refractivity contribution in [3.05, 3.63) is 27.1 Å². The molecule has 22 heavy (non-hydrogen) atoms. The van der Waals surface area contributed by atoms with Crippen LogP contribution in [0.25, 0.3) is 6.08 Å². The van der Waals surface area contributed by atoms with Gasteiger partial charge in [-0.3, -0.25) is 14.5 Å². The zero-order valence-corrected chi connectivity index (χ0v) is 14.9. The Balaban J connectivity index is 2.37. The molecule has 0 atom stereocenters. The van der Waals surface area contributed by atoms with Gasteiger partial charge in [-0.25, -0.2) is 0 Å². The molecule has 0 aliphatic carbocycles. The van der Waals surface area contributed by atoms with Gasteiger partial charge in [0.25, 0.3) is 11.1 Å². The highest BCUT2D eigenvalue weighted by molar-refractivity contribution is 9.10. The number of carbonyl (C=O) groups is 2. The molecule has 1 aromatic rings. The molecule has 2 rings (SSSR count). The summed E-state index contributed by atoms with van der Waals surface area (Å²) in [5, 5.41) is -0.227. The first kappa shape index (κ1) is 16.9. The van der Waals surface area contributed by atoms with Crippen LogP contribution < -0.4 is 9.47 Å². The number of amides is 2. The maximum absolute atomic E-state index is 12.2. The first-order valence-corrected chi connectivity index (χ1v) is 8.29. The maximum atomic E-state index is 12.2. The van der Waals surface area contributed by atoms with E-state index in [4.69, 9.17) is 9.47 Å². The molecule has 1 heterocycles. The molecule has 0 N–H and O–H groups in total. The summed E-state index contributed by atoms with van der Waals surface area (Å²) < 4.78 is 11.2. The van der Waals surface area contributed by atoms with Crippen LogP contribution in [0.15, 0.2) is 21.5 Å². The van der Waals surface area contributed by atoms with E-state index in [9.17, 15) is 9.59 Å². The number of hydrogen-bond acceptors (Lipinski definition) is 5. The van der Waals surface area contributed by atoms with Gasteiger partial charge in [0.1, 0.15) is 0 Å². The van der Waals surface area contributed by atoms with Crippen LogP contribution in [0.5, 0.6) is 11.5 Å². The molecule has 118 valence electrons. The molecule has 1 saturated heterocycles. The Morgan fingerprint density at radius 1 is 1.23 bits per heavy atom. The average molecular weight is 386 g/mol. The van der Waals surface area contributed by atoms with E-state index in [2.05, 4.69) is 15.9 Å². The van der Waals surface area contributed by atoms with E-state index in [-0.39, 0.29) is 11.1 Å². The largest absolute Gasteiger partial charge is 0.493 e. The van der Waals surface area contributed by atoms with Crippen molar-refractivity contribution in [2.24, 2.45) is 0 Å². The van der Waals surface area contributed by atoms with E-state index in [1.165, 1.54) is 4.90 Å². The molecule has 5 nitrogen and oxygen atoms in total. The van der Waals surface area contributed by atoms with Crippen molar-refractivity contribution in [2.75, 3.05) is 20.8 Å². The smallest absolute Gasteiger partial charge is 0.293 e. The van der Waals surface area contributed by atoms with Crippen LogP contribution in [0.1, 0.15) is 18.9 Å². The molecular weight excluding hydrogens is 370 g/mol. The van der Waals surface area contributed by atoms with E-state index in [1.807, 2.05) is 6.92 Å². The van der Waals surface area contributed by atoms with E-state index in [0.717, 1.165) is 28.2 Å². The molecule has 0 aromatic heterocycles. The molecule has 2 amide bonds. The van der Waals surface area contributed by atoms with Gasteiger partial charge in [-0.05, 0) is 42.0 Å². The monoisotopic (exact) mass is 385 g/mol. The van der Waals surface area contributed by atoms with E-state index >= 15 is 0 Å². The summed E-state index contributed by atoms with van der Waals surface area (Å²) in [4.78, 5) is 25.8. The number of nitrogens with zero attached hydrogens (tertiary/aromatic N) is 1. The molecule has 0 spiro atoms. The lowest BCUT2D eigenvalue weighted by atomic mass is 10.2. The lowest BCUT2D eigenvalue weighted by Gasteiger charge is -2.11. The third kappa shape index (κ3) is 3.30. The highest BCUT2D eigenvalue weighted by atomic mass is 79.9. The SMILES string of the molecule is CCCN1C(=O)S/C(=C/c2cc(OC)c(OC)cc2Br)C1=O. The quantitative estimate of drug-likeness (QED) is 0.719. The van der Waals surface area contributed by atoms with Gasteiger partial charge in [0.15, 0.2) is 11.5 Å². The minimum atomic E-state index is -0.251. The topological polar surface area (TPSA) is 55.8 Å². The molecule has 7 heteroatoms. The number of thioether (sulfide) groups is 1. The van der Waals surface area contributed by atoms with Crippen molar-refractivity contribution in [1.29, 1.82) is 0 Å². The molecule has 0 saturated carbocycles. The van der Waals surface area contributed by atoms with Gasteiger partial charge in [-0.2, -0.15) is 0 Å². The number of benzene rings is 1. The van der Waals surface area contributed by atoms with Gasteiger partial charge >= 0.3 is 0 Å². The first-order valence-electron chi connectivity index (χ1n) is 6.68. The Bertz CT molecular complexity index is 645. The van der Waals surface area contributed by atoms with Crippen LogP contribution in [-0.2, 0) is 4.79 Å². The number of hydrogen-bond donors (Lipinski definition) is 0. The number of halogens is 1. The normalized spacial score (nSPS) is 16.5. The Morgan fingerprint density at radius 2 is 1.86 bits per heavy atom. The van der Waals surface area contributed by atoms with Crippen LogP contribution in [0.3, 0.4) is 0 Å². The third-order valence-corrected chi connectivity index (χ3v) is 4.70. The molecule has 0 radical (unpaired) electrons. The molecule has 1 aliphatic rings. The maximum Gasteiger partial charge on any atom is 0.293 e. The fraction of sp³-hybridized carbons (Fsp3) is 0.333. The Kier molecular flexibility index (Phi) is 5.52. The summed E-state index contributed by atoms with van der Waals surface area (Å²) in [6.07, 6.45) is 2.43. The number of rotatable bonds is 5. The third-order valence-electron chi connectivity index (χ3n) is 3.11. The van der Waals surface area contributed by atoms with Crippen molar-refractivity contribution in [2.45, 2.75) is 13.3 Å². The zero-order chi connectivity index (χ0) is 16.3. The number of carbonyl (C=O) groups excluding carboxylic acids is 2. The summed E-state index contributed by atoms with van der Waals surface area (Å²) >= 11 is 4.39. The van der Waals surface area contributed by atoms with Gasteiger partial charge in [-0.15, -0.1) is 0 Å². The molecule has 1 aromatic carbocycles. The second-order valence-corrected chi connectivity index (χ2v) is 6.41. The summed E-state index contributed by atoms with van der Waals surface area (Å²) in [6, 6.07) is 3.53. The minimum Gasteiger partial charge on any atom is -0.493 e. The minimum absolute atomic E-state index is 0.227. The van der Waals surface area contributed by atoms with Gasteiger partial charge < -0.3 is 9.47 Å². The highest BCUT2D eigenvalue weighted by Gasteiger charge is 2.34. The fourth-order valence-corrected chi connectivity index (χ4v) is 3.33. The molecule has 0 bridgehead atoms. The molecule has 1 fully saturated rings.